The number of nitro benzene ring substituents is 1. The largest absolute Gasteiger partial charge is 0.343 e. The van der Waals surface area contributed by atoms with Crippen LogP contribution in [0.25, 0.3) is 6.08 Å². The Morgan fingerprint density at radius 1 is 1.03 bits per heavy atom. The van der Waals surface area contributed by atoms with Gasteiger partial charge in [0.15, 0.2) is 0 Å². The second-order valence-electron chi connectivity index (χ2n) is 6.44. The topological polar surface area (TPSA) is 85.5 Å². The first-order chi connectivity index (χ1) is 14.4. The Kier molecular flexibility index (Phi) is 5.43. The normalized spacial score (nSPS) is 15.2. The monoisotopic (exact) mass is 439 g/mol. The molecule has 3 aromatic rings. The zero-order valence-corrected chi connectivity index (χ0v) is 17.0. The lowest BCUT2D eigenvalue weighted by Crippen LogP contribution is -2.27. The molecule has 0 bridgehead atoms. The van der Waals surface area contributed by atoms with Crippen LogP contribution >= 0.6 is 23.4 Å². The lowest BCUT2D eigenvalue weighted by atomic mass is 10.2. The minimum atomic E-state index is -0.425. The number of benzene rings is 2. The number of nitro groups is 1. The third kappa shape index (κ3) is 3.87. The van der Waals surface area contributed by atoms with Gasteiger partial charge < -0.3 is 4.57 Å². The number of anilines is 1. The second-order valence-corrected chi connectivity index (χ2v) is 7.87. The van der Waals surface area contributed by atoms with Crippen LogP contribution in [0.3, 0.4) is 0 Å². The summed E-state index contributed by atoms with van der Waals surface area (Å²) < 4.78 is 1.79. The molecular formula is C21H14ClN3O4S. The summed E-state index contributed by atoms with van der Waals surface area (Å²) in [6, 6.07) is 16.5. The van der Waals surface area contributed by atoms with Gasteiger partial charge in [-0.1, -0.05) is 29.8 Å². The standard InChI is InChI=1S/C21H14ClN3O4S/c22-15-7-9-16(10-8-15)24-20(26)19(30-21(24)27)12-17-5-3-11-23(17)13-14-4-1-2-6-18(14)25(28)29/h1-12H,13H2/b19-12-. The summed E-state index contributed by atoms with van der Waals surface area (Å²) in [7, 11) is 0. The van der Waals surface area contributed by atoms with Crippen LogP contribution in [-0.4, -0.2) is 20.6 Å². The molecule has 0 spiro atoms. The van der Waals surface area contributed by atoms with E-state index in [1.54, 1.807) is 71.4 Å². The van der Waals surface area contributed by atoms with Crippen molar-refractivity contribution in [2.75, 3.05) is 4.90 Å². The molecule has 1 saturated heterocycles. The van der Waals surface area contributed by atoms with Crippen molar-refractivity contribution in [3.8, 4) is 0 Å². The Labute approximate surface area is 180 Å². The van der Waals surface area contributed by atoms with Gasteiger partial charge in [0, 0.05) is 28.5 Å². The van der Waals surface area contributed by atoms with Crippen molar-refractivity contribution < 1.29 is 14.5 Å². The van der Waals surface area contributed by atoms with Gasteiger partial charge in [0.25, 0.3) is 16.8 Å². The number of thioether (sulfide) groups is 1. The number of hydrogen-bond donors (Lipinski definition) is 0. The van der Waals surface area contributed by atoms with Crippen molar-refractivity contribution in [2.45, 2.75) is 6.54 Å². The molecule has 150 valence electrons. The number of para-hydroxylation sites is 1. The molecule has 1 aliphatic rings. The van der Waals surface area contributed by atoms with Crippen molar-refractivity contribution in [1.82, 2.24) is 4.57 Å². The molecule has 4 rings (SSSR count). The fourth-order valence-corrected chi connectivity index (χ4v) is 4.08. The Morgan fingerprint density at radius 2 is 1.77 bits per heavy atom. The number of hydrogen-bond acceptors (Lipinski definition) is 5. The first kappa shape index (κ1) is 19.9. The first-order valence-corrected chi connectivity index (χ1v) is 10.0. The third-order valence-corrected chi connectivity index (χ3v) is 5.67. The highest BCUT2D eigenvalue weighted by molar-refractivity contribution is 8.19. The molecule has 2 amide bonds. The molecule has 0 N–H and O–H groups in total. The summed E-state index contributed by atoms with van der Waals surface area (Å²) in [5, 5.41) is 11.4. The summed E-state index contributed by atoms with van der Waals surface area (Å²) in [5.74, 6) is -0.425. The highest BCUT2D eigenvalue weighted by atomic mass is 35.5. The highest BCUT2D eigenvalue weighted by Crippen LogP contribution is 2.36. The number of nitrogens with zero attached hydrogens (tertiary/aromatic N) is 3. The van der Waals surface area contributed by atoms with Gasteiger partial charge in [0.1, 0.15) is 0 Å². The smallest absolute Gasteiger partial charge is 0.298 e. The SMILES string of the molecule is O=C1S/C(=C\c2cccn2Cc2ccccc2[N+](=O)[O-])C(=O)N1c1ccc(Cl)cc1. The lowest BCUT2D eigenvalue weighted by molar-refractivity contribution is -0.385. The number of imide groups is 1. The van der Waals surface area contributed by atoms with E-state index in [1.165, 1.54) is 6.07 Å². The van der Waals surface area contributed by atoms with Crippen LogP contribution in [0, 0.1) is 10.1 Å². The first-order valence-electron chi connectivity index (χ1n) is 8.85. The molecule has 30 heavy (non-hydrogen) atoms. The van der Waals surface area contributed by atoms with Crippen LogP contribution in [0.2, 0.25) is 5.02 Å². The van der Waals surface area contributed by atoms with Crippen molar-refractivity contribution in [1.29, 1.82) is 0 Å². The van der Waals surface area contributed by atoms with E-state index >= 15 is 0 Å². The van der Waals surface area contributed by atoms with E-state index in [4.69, 9.17) is 11.6 Å². The van der Waals surface area contributed by atoms with E-state index in [0.717, 1.165) is 16.7 Å². The number of rotatable bonds is 5. The number of carbonyl (C=O) groups excluding carboxylic acids is 2. The maximum atomic E-state index is 12.8. The number of halogens is 1. The van der Waals surface area contributed by atoms with Gasteiger partial charge in [-0.2, -0.15) is 0 Å². The molecule has 9 heteroatoms. The molecule has 1 fully saturated rings. The average molecular weight is 440 g/mol. The minimum Gasteiger partial charge on any atom is -0.343 e. The van der Waals surface area contributed by atoms with E-state index in [1.807, 2.05) is 0 Å². The quantitative estimate of drug-likeness (QED) is 0.304. The van der Waals surface area contributed by atoms with Crippen molar-refractivity contribution >= 4 is 52.0 Å². The van der Waals surface area contributed by atoms with Crippen LogP contribution in [-0.2, 0) is 11.3 Å². The van der Waals surface area contributed by atoms with E-state index in [9.17, 15) is 19.7 Å². The van der Waals surface area contributed by atoms with Crippen molar-refractivity contribution in [3.63, 3.8) is 0 Å². The Bertz CT molecular complexity index is 1190. The van der Waals surface area contributed by atoms with Crippen molar-refractivity contribution in [2.24, 2.45) is 0 Å². The van der Waals surface area contributed by atoms with Crippen LogP contribution in [0.15, 0.2) is 71.8 Å². The molecule has 7 nitrogen and oxygen atoms in total. The Balaban J connectivity index is 1.62. The van der Waals surface area contributed by atoms with Gasteiger partial charge in [0.05, 0.1) is 22.1 Å². The summed E-state index contributed by atoms with van der Waals surface area (Å²) in [6.07, 6.45) is 3.39. The predicted octanol–water partition coefficient (Wildman–Crippen LogP) is 5.34. The Morgan fingerprint density at radius 3 is 2.50 bits per heavy atom. The summed E-state index contributed by atoms with van der Waals surface area (Å²) in [6.45, 7) is 0.261. The zero-order valence-electron chi connectivity index (χ0n) is 15.4. The molecule has 1 aliphatic heterocycles. The highest BCUT2D eigenvalue weighted by Gasteiger charge is 2.36. The summed E-state index contributed by atoms with van der Waals surface area (Å²) in [5.41, 5.74) is 1.68. The van der Waals surface area contributed by atoms with Gasteiger partial charge in [-0.15, -0.1) is 0 Å². The molecular weight excluding hydrogens is 426 g/mol. The van der Waals surface area contributed by atoms with Crippen LogP contribution in [0.5, 0.6) is 0 Å². The van der Waals surface area contributed by atoms with Gasteiger partial charge in [-0.25, -0.2) is 4.90 Å². The maximum absolute atomic E-state index is 12.8. The molecule has 0 unspecified atom stereocenters. The molecule has 1 aromatic heterocycles. The van der Waals surface area contributed by atoms with Gasteiger partial charge in [0.2, 0.25) is 0 Å². The zero-order chi connectivity index (χ0) is 21.3. The fraction of sp³-hybridized carbons (Fsp3) is 0.0476. The molecule has 0 saturated carbocycles. The third-order valence-electron chi connectivity index (χ3n) is 4.55. The minimum absolute atomic E-state index is 0.0280. The van der Waals surface area contributed by atoms with E-state index in [0.29, 0.717) is 22.0 Å². The number of amides is 2. The molecule has 0 atom stereocenters. The maximum Gasteiger partial charge on any atom is 0.298 e. The second kappa shape index (κ2) is 8.17. The predicted molar refractivity (Wildman–Crippen MR) is 117 cm³/mol. The van der Waals surface area contributed by atoms with Crippen LogP contribution < -0.4 is 4.90 Å². The molecule has 2 aromatic carbocycles. The average Bonchev–Trinajstić information content (AvgIpc) is 3.27. The van der Waals surface area contributed by atoms with Gasteiger partial charge >= 0.3 is 0 Å². The van der Waals surface area contributed by atoms with E-state index < -0.39 is 16.1 Å². The van der Waals surface area contributed by atoms with Gasteiger partial charge in [-0.05, 0) is 54.2 Å². The van der Waals surface area contributed by atoms with E-state index in [2.05, 4.69) is 0 Å². The summed E-state index contributed by atoms with van der Waals surface area (Å²) >= 11 is 6.73. The summed E-state index contributed by atoms with van der Waals surface area (Å²) in [4.78, 5) is 37.5. The lowest BCUT2D eigenvalue weighted by Gasteiger charge is -2.12. The van der Waals surface area contributed by atoms with Crippen molar-refractivity contribution in [3.05, 3.63) is 98.2 Å². The molecule has 0 aliphatic carbocycles. The molecule has 0 radical (unpaired) electrons. The number of aromatic nitrogens is 1. The fourth-order valence-electron chi connectivity index (χ4n) is 3.12. The van der Waals surface area contributed by atoms with Gasteiger partial charge in [-0.3, -0.25) is 19.7 Å². The number of carbonyl (C=O) groups is 2. The van der Waals surface area contributed by atoms with E-state index in [-0.39, 0.29) is 17.1 Å². The Hall–Kier alpha value is -3.36. The van der Waals surface area contributed by atoms with Crippen LogP contribution in [0.4, 0.5) is 16.2 Å². The van der Waals surface area contributed by atoms with Crippen LogP contribution in [0.1, 0.15) is 11.3 Å². The molecule has 2 heterocycles.